The molecule has 0 aromatic carbocycles. The van der Waals surface area contributed by atoms with Crippen LogP contribution >= 0.6 is 11.8 Å². The second-order valence-corrected chi connectivity index (χ2v) is 9.27. The van der Waals surface area contributed by atoms with Gasteiger partial charge in [-0.15, -0.1) is 0 Å². The van der Waals surface area contributed by atoms with Gasteiger partial charge in [0.15, 0.2) is 0 Å². The fourth-order valence-corrected chi connectivity index (χ4v) is 5.57. The highest BCUT2D eigenvalue weighted by molar-refractivity contribution is 7.99. The molecular weight excluding hydrogens is 418 g/mol. The SMILES string of the molecule is CN[C@H]1CC[C@H](n2ncc(-c3cc(Sc4ccccn4)c4c(C#N)cnn4c3)c2C)CC1. The van der Waals surface area contributed by atoms with Crippen molar-refractivity contribution in [1.82, 2.24) is 29.7 Å². The molecule has 1 aliphatic rings. The lowest BCUT2D eigenvalue weighted by Crippen LogP contribution is -2.31. The Hall–Kier alpha value is -3.15. The fraction of sp³-hybridized carbons (Fsp3) is 0.333. The number of nitrogens with one attached hydrogen (secondary N) is 1. The zero-order valence-electron chi connectivity index (χ0n) is 18.2. The van der Waals surface area contributed by atoms with E-state index < -0.39 is 0 Å². The van der Waals surface area contributed by atoms with E-state index in [0.29, 0.717) is 17.6 Å². The van der Waals surface area contributed by atoms with Gasteiger partial charge in [0.05, 0.1) is 29.5 Å². The summed E-state index contributed by atoms with van der Waals surface area (Å²) in [5, 5.41) is 23.1. The van der Waals surface area contributed by atoms with Gasteiger partial charge in [-0.1, -0.05) is 17.8 Å². The number of rotatable bonds is 5. The Bertz CT molecular complexity index is 1280. The summed E-state index contributed by atoms with van der Waals surface area (Å²) in [5.74, 6) is 0. The van der Waals surface area contributed by atoms with Crippen LogP contribution in [0.3, 0.4) is 0 Å². The Labute approximate surface area is 191 Å². The number of nitriles is 1. The molecule has 1 saturated carbocycles. The number of hydrogen-bond donors (Lipinski definition) is 1. The van der Waals surface area contributed by atoms with Crippen molar-refractivity contribution in [3.8, 4) is 17.2 Å². The van der Waals surface area contributed by atoms with Crippen molar-refractivity contribution in [2.75, 3.05) is 7.05 Å². The Morgan fingerprint density at radius 2 is 2.00 bits per heavy atom. The van der Waals surface area contributed by atoms with Crippen molar-refractivity contribution in [2.45, 2.75) is 54.6 Å². The summed E-state index contributed by atoms with van der Waals surface area (Å²) >= 11 is 1.55. The number of pyridine rings is 2. The van der Waals surface area contributed by atoms with Crippen LogP contribution in [0.15, 0.2) is 59.0 Å². The maximum Gasteiger partial charge on any atom is 0.103 e. The molecule has 0 radical (unpaired) electrons. The van der Waals surface area contributed by atoms with Gasteiger partial charge in [0.1, 0.15) is 11.1 Å². The number of hydrogen-bond acceptors (Lipinski definition) is 6. The second kappa shape index (κ2) is 8.77. The minimum Gasteiger partial charge on any atom is -0.317 e. The van der Waals surface area contributed by atoms with Crippen LogP contribution in [0.4, 0.5) is 0 Å². The first-order chi connectivity index (χ1) is 15.7. The van der Waals surface area contributed by atoms with Crippen LogP contribution in [0, 0.1) is 18.3 Å². The highest BCUT2D eigenvalue weighted by atomic mass is 32.2. The maximum atomic E-state index is 9.58. The molecule has 1 aliphatic carbocycles. The van der Waals surface area contributed by atoms with Crippen molar-refractivity contribution in [3.05, 3.63) is 60.3 Å². The zero-order valence-corrected chi connectivity index (χ0v) is 19.0. The quantitative estimate of drug-likeness (QED) is 0.484. The van der Waals surface area contributed by atoms with E-state index in [0.717, 1.165) is 39.4 Å². The Kier molecular flexibility index (Phi) is 5.68. The zero-order chi connectivity index (χ0) is 22.1. The smallest absolute Gasteiger partial charge is 0.103 e. The molecule has 0 aliphatic heterocycles. The molecule has 4 heterocycles. The molecule has 0 spiro atoms. The summed E-state index contributed by atoms with van der Waals surface area (Å²) in [4.78, 5) is 5.40. The van der Waals surface area contributed by atoms with Gasteiger partial charge in [-0.25, -0.2) is 9.50 Å². The fourth-order valence-electron chi connectivity index (χ4n) is 4.60. The first kappa shape index (κ1) is 20.7. The standard InChI is InChI=1S/C24H25N7S/c1-16-21(14-29-31(16)20-8-6-19(26-2)7-9-20)17-11-22(32-23-5-3-4-10-27-23)24-18(12-25)13-28-30(24)15-17/h3-5,10-11,13-15,19-20,26H,6-9H2,1-2H3/t19-,20-. The second-order valence-electron chi connectivity index (χ2n) is 8.21. The Balaban J connectivity index is 1.54. The number of aromatic nitrogens is 5. The molecule has 5 rings (SSSR count). The molecule has 0 unspecified atom stereocenters. The van der Waals surface area contributed by atoms with E-state index in [2.05, 4.69) is 39.1 Å². The third-order valence-electron chi connectivity index (χ3n) is 6.36. The molecule has 0 saturated heterocycles. The van der Waals surface area contributed by atoms with E-state index in [4.69, 9.17) is 5.10 Å². The summed E-state index contributed by atoms with van der Waals surface area (Å²) < 4.78 is 3.99. The third-order valence-corrected chi connectivity index (χ3v) is 7.34. The molecule has 4 aromatic rings. The highest BCUT2D eigenvalue weighted by Crippen LogP contribution is 2.37. The third kappa shape index (κ3) is 3.78. The normalized spacial score (nSPS) is 18.7. The predicted octanol–water partition coefficient (Wildman–Crippen LogP) is 4.63. The van der Waals surface area contributed by atoms with Gasteiger partial charge in [-0.05, 0) is 57.9 Å². The monoisotopic (exact) mass is 443 g/mol. The molecule has 0 atom stereocenters. The van der Waals surface area contributed by atoms with Crippen LogP contribution in [-0.2, 0) is 0 Å². The highest BCUT2D eigenvalue weighted by Gasteiger charge is 2.24. The summed E-state index contributed by atoms with van der Waals surface area (Å²) in [6.45, 7) is 2.14. The minimum absolute atomic E-state index is 0.439. The van der Waals surface area contributed by atoms with Gasteiger partial charge in [0.25, 0.3) is 0 Å². The lowest BCUT2D eigenvalue weighted by molar-refractivity contribution is 0.281. The summed E-state index contributed by atoms with van der Waals surface area (Å²) in [6, 6.07) is 11.3. The van der Waals surface area contributed by atoms with Crippen molar-refractivity contribution < 1.29 is 0 Å². The minimum atomic E-state index is 0.439. The van der Waals surface area contributed by atoms with Crippen molar-refractivity contribution in [1.29, 1.82) is 5.26 Å². The van der Waals surface area contributed by atoms with Crippen molar-refractivity contribution in [3.63, 3.8) is 0 Å². The first-order valence-electron chi connectivity index (χ1n) is 10.9. The van der Waals surface area contributed by atoms with Gasteiger partial charge in [-0.2, -0.15) is 15.5 Å². The average Bonchev–Trinajstić information content (AvgIpc) is 3.43. The van der Waals surface area contributed by atoms with E-state index in [-0.39, 0.29) is 0 Å². The van der Waals surface area contributed by atoms with E-state index in [1.54, 1.807) is 28.7 Å². The summed E-state index contributed by atoms with van der Waals surface area (Å²) in [5.41, 5.74) is 4.67. The molecule has 8 heteroatoms. The van der Waals surface area contributed by atoms with Crippen LogP contribution in [0.1, 0.15) is 43.0 Å². The van der Waals surface area contributed by atoms with Crippen LogP contribution in [0.2, 0.25) is 0 Å². The molecule has 4 aromatic heterocycles. The Morgan fingerprint density at radius 3 is 2.72 bits per heavy atom. The van der Waals surface area contributed by atoms with Crippen molar-refractivity contribution in [2.24, 2.45) is 0 Å². The van der Waals surface area contributed by atoms with Crippen LogP contribution in [0.25, 0.3) is 16.6 Å². The first-order valence-corrected chi connectivity index (χ1v) is 11.7. The molecule has 32 heavy (non-hydrogen) atoms. The van der Waals surface area contributed by atoms with Gasteiger partial charge in [-0.3, -0.25) is 4.68 Å². The van der Waals surface area contributed by atoms with E-state index in [9.17, 15) is 5.26 Å². The molecule has 0 bridgehead atoms. The van der Waals surface area contributed by atoms with Gasteiger partial charge in [0, 0.05) is 40.2 Å². The molecule has 162 valence electrons. The predicted molar refractivity (Wildman–Crippen MR) is 125 cm³/mol. The molecule has 0 amide bonds. The van der Waals surface area contributed by atoms with Gasteiger partial charge < -0.3 is 5.32 Å². The lowest BCUT2D eigenvalue weighted by atomic mass is 9.91. The van der Waals surface area contributed by atoms with E-state index in [1.165, 1.54) is 18.5 Å². The van der Waals surface area contributed by atoms with Gasteiger partial charge >= 0.3 is 0 Å². The summed E-state index contributed by atoms with van der Waals surface area (Å²) in [7, 11) is 2.05. The molecular formula is C24H25N7S. The topological polar surface area (TPSA) is 83.8 Å². The maximum absolute atomic E-state index is 9.58. The van der Waals surface area contributed by atoms with Crippen LogP contribution in [0.5, 0.6) is 0 Å². The number of nitrogens with zero attached hydrogens (tertiary/aromatic N) is 6. The Morgan fingerprint density at radius 1 is 1.16 bits per heavy atom. The molecule has 1 N–H and O–H groups in total. The summed E-state index contributed by atoms with van der Waals surface area (Å²) in [6.07, 6.45) is 12.0. The van der Waals surface area contributed by atoms with Crippen molar-refractivity contribution >= 4 is 17.3 Å². The van der Waals surface area contributed by atoms with E-state index in [1.807, 2.05) is 37.6 Å². The average molecular weight is 444 g/mol. The van der Waals surface area contributed by atoms with Crippen LogP contribution < -0.4 is 5.32 Å². The largest absolute Gasteiger partial charge is 0.317 e. The van der Waals surface area contributed by atoms with E-state index >= 15 is 0 Å². The molecule has 7 nitrogen and oxygen atoms in total. The molecule has 1 fully saturated rings. The van der Waals surface area contributed by atoms with Gasteiger partial charge in [0.2, 0.25) is 0 Å². The van der Waals surface area contributed by atoms with Crippen LogP contribution in [-0.4, -0.2) is 37.5 Å². The number of fused-ring (bicyclic) bond motifs is 1. The lowest BCUT2D eigenvalue weighted by Gasteiger charge is -2.29.